The molecular weight excluding hydrogens is 556 g/mol. The van der Waals surface area contributed by atoms with Crippen molar-refractivity contribution in [3.05, 3.63) is 76.9 Å². The Labute approximate surface area is 271 Å². The van der Waals surface area contributed by atoms with Crippen LogP contribution in [-0.2, 0) is 5.41 Å². The first kappa shape index (κ1) is 33.3. The minimum atomic E-state index is -0.304. The van der Waals surface area contributed by atoms with Gasteiger partial charge in [0.15, 0.2) is 11.3 Å². The highest BCUT2D eigenvalue weighted by atomic mass is 16.3. The van der Waals surface area contributed by atoms with Crippen LogP contribution >= 0.6 is 0 Å². The number of carbonyl (C=O) groups is 1. The van der Waals surface area contributed by atoms with E-state index in [1.54, 1.807) is 0 Å². The zero-order chi connectivity index (χ0) is 32.6. The van der Waals surface area contributed by atoms with E-state index < -0.39 is 0 Å². The second-order valence-electron chi connectivity index (χ2n) is 16.5. The normalized spacial score (nSPS) is 26.0. The number of aromatic nitrogens is 1. The molecule has 1 saturated heterocycles. The van der Waals surface area contributed by atoms with Crippen LogP contribution in [0.3, 0.4) is 0 Å². The van der Waals surface area contributed by atoms with Gasteiger partial charge in [-0.05, 0) is 101 Å². The maximum atomic E-state index is 14.3. The van der Waals surface area contributed by atoms with Crippen molar-refractivity contribution >= 4 is 17.0 Å². The number of allylic oxidation sites excluding steroid dienone is 5. The smallest absolute Gasteiger partial charge is 0.290 e. The largest absolute Gasteiger partial charge is 0.508 e. The fourth-order valence-corrected chi connectivity index (χ4v) is 7.82. The highest BCUT2D eigenvalue weighted by Gasteiger charge is 2.37. The van der Waals surface area contributed by atoms with E-state index in [1.807, 2.05) is 18.2 Å². The van der Waals surface area contributed by atoms with Crippen molar-refractivity contribution in [2.75, 3.05) is 6.54 Å². The number of hydrogen-bond donors (Lipinski definition) is 1. The maximum absolute atomic E-state index is 14.3. The number of carbonyl (C=O) groups excluding carboxylic acids is 1. The first-order valence-electron chi connectivity index (χ1n) is 17.3. The van der Waals surface area contributed by atoms with Crippen LogP contribution in [0, 0.1) is 11.3 Å². The quantitative estimate of drug-likeness (QED) is 0.341. The number of amides is 1. The molecule has 244 valence electrons. The molecule has 2 aromatic heterocycles. The van der Waals surface area contributed by atoms with Gasteiger partial charge in [-0.3, -0.25) is 4.79 Å². The zero-order valence-electron chi connectivity index (χ0n) is 29.0. The van der Waals surface area contributed by atoms with Crippen molar-refractivity contribution in [3.63, 3.8) is 0 Å². The summed E-state index contributed by atoms with van der Waals surface area (Å²) in [6.45, 7) is 20.3. The lowest BCUT2D eigenvalue weighted by molar-refractivity contribution is 0.0410. The Morgan fingerprint density at radius 3 is 2.53 bits per heavy atom. The molecule has 3 aliphatic rings. The number of nitrogens with zero attached hydrogens (tertiary/aromatic N) is 2. The minimum absolute atomic E-state index is 0.0190. The number of fused-ring (bicyclic) bond motifs is 1. The third kappa shape index (κ3) is 7.84. The Hall–Kier alpha value is -3.08. The predicted molar refractivity (Wildman–Crippen MR) is 186 cm³/mol. The number of pyridine rings is 1. The van der Waals surface area contributed by atoms with Gasteiger partial charge in [0.05, 0.1) is 0 Å². The molecule has 5 rings (SSSR count). The van der Waals surface area contributed by atoms with Gasteiger partial charge in [0.25, 0.3) is 5.91 Å². The molecule has 0 spiro atoms. The van der Waals surface area contributed by atoms with Gasteiger partial charge in [-0.15, -0.1) is 0 Å². The summed E-state index contributed by atoms with van der Waals surface area (Å²) in [5.74, 6) is 1.47. The molecule has 2 aliphatic carbocycles. The number of furan rings is 1. The van der Waals surface area contributed by atoms with E-state index >= 15 is 0 Å². The topological polar surface area (TPSA) is 66.6 Å². The summed E-state index contributed by atoms with van der Waals surface area (Å²) in [7, 11) is 0. The Balaban J connectivity index is 1.37. The van der Waals surface area contributed by atoms with Gasteiger partial charge in [0.1, 0.15) is 11.3 Å². The molecular formula is C40H56N2O3. The average Bonchev–Trinajstić information content (AvgIpc) is 3.35. The number of aliphatic hydroxyl groups is 1. The standard InChI is InChI=1S/C40H56N2O3/c1-27(43)30-16-11-14-28(15-12-17-30)23-29-13-9-10-22-42(40(7,8)26-29)37(44)35-25-34-36(45-35)32(38(2,3)4)24-33(41-34)31-18-20-39(5,6)21-19-31/h11,14,16-17,24-25,29,31,43H,1,9-10,12-13,15,18-23,26H2,2-8H3/b16-11-,28-14-,30-17+. The summed E-state index contributed by atoms with van der Waals surface area (Å²) >= 11 is 0. The van der Waals surface area contributed by atoms with E-state index in [2.05, 4.69) is 78.2 Å². The molecule has 5 heteroatoms. The van der Waals surface area contributed by atoms with Crippen LogP contribution in [0.4, 0.5) is 0 Å². The molecule has 1 aliphatic heterocycles. The Morgan fingerprint density at radius 1 is 1.11 bits per heavy atom. The van der Waals surface area contributed by atoms with Crippen molar-refractivity contribution in [2.24, 2.45) is 11.3 Å². The number of likely N-dealkylation sites (tertiary alicyclic amines) is 1. The molecule has 0 radical (unpaired) electrons. The summed E-state index contributed by atoms with van der Waals surface area (Å²) in [5.41, 5.74) is 6.09. The van der Waals surface area contributed by atoms with Gasteiger partial charge < -0.3 is 14.4 Å². The summed E-state index contributed by atoms with van der Waals surface area (Å²) in [4.78, 5) is 21.5. The third-order valence-corrected chi connectivity index (χ3v) is 10.6. The van der Waals surface area contributed by atoms with E-state index in [-0.39, 0.29) is 22.6 Å². The molecule has 1 amide bonds. The summed E-state index contributed by atoms with van der Waals surface area (Å²) in [6, 6.07) is 4.19. The lowest BCUT2D eigenvalue weighted by Gasteiger charge is -2.42. The van der Waals surface area contributed by atoms with E-state index in [9.17, 15) is 9.90 Å². The molecule has 1 unspecified atom stereocenters. The molecule has 0 bridgehead atoms. The van der Waals surface area contributed by atoms with Crippen molar-refractivity contribution in [3.8, 4) is 0 Å². The Morgan fingerprint density at radius 2 is 1.84 bits per heavy atom. The molecule has 2 aromatic rings. The van der Waals surface area contributed by atoms with Crippen molar-refractivity contribution in [2.45, 2.75) is 136 Å². The molecule has 1 N–H and O–H groups in total. The van der Waals surface area contributed by atoms with Gasteiger partial charge >= 0.3 is 0 Å². The maximum Gasteiger partial charge on any atom is 0.290 e. The van der Waals surface area contributed by atoms with Crippen LogP contribution < -0.4 is 0 Å². The summed E-state index contributed by atoms with van der Waals surface area (Å²) in [6.07, 6.45) is 20.1. The second kappa shape index (κ2) is 13.0. The third-order valence-electron chi connectivity index (χ3n) is 10.6. The highest BCUT2D eigenvalue weighted by molar-refractivity contribution is 5.96. The van der Waals surface area contributed by atoms with Crippen LogP contribution in [0.2, 0.25) is 0 Å². The van der Waals surface area contributed by atoms with Gasteiger partial charge in [-0.25, -0.2) is 4.98 Å². The lowest BCUT2D eigenvalue weighted by atomic mass is 9.72. The Kier molecular flexibility index (Phi) is 9.59. The number of rotatable bonds is 5. The monoisotopic (exact) mass is 612 g/mol. The Bertz CT molecular complexity index is 1500. The lowest BCUT2D eigenvalue weighted by Crippen LogP contribution is -2.50. The first-order valence-corrected chi connectivity index (χ1v) is 17.3. The zero-order valence-corrected chi connectivity index (χ0v) is 29.0. The first-order chi connectivity index (χ1) is 21.1. The molecule has 1 saturated carbocycles. The molecule has 5 nitrogen and oxygen atoms in total. The fourth-order valence-electron chi connectivity index (χ4n) is 7.82. The van der Waals surface area contributed by atoms with E-state index in [1.165, 1.54) is 24.8 Å². The van der Waals surface area contributed by atoms with Crippen LogP contribution in [0.25, 0.3) is 11.1 Å². The van der Waals surface area contributed by atoms with Crippen LogP contribution in [0.15, 0.2) is 64.3 Å². The van der Waals surface area contributed by atoms with Crippen LogP contribution in [0.5, 0.6) is 0 Å². The van der Waals surface area contributed by atoms with Crippen LogP contribution in [-0.4, -0.2) is 33.0 Å². The predicted octanol–water partition coefficient (Wildman–Crippen LogP) is 10.9. The molecule has 2 fully saturated rings. The SMILES string of the molecule is C=C(O)C1=C/CC/C(CC2CCCCN(C(=O)c3cc4nc(C5CCC(C)(C)CC5)cc(C(C)(C)C)c4o3)C(C)(C)C2)=C/C=C\1. The van der Waals surface area contributed by atoms with Gasteiger partial charge in [-0.1, -0.05) is 77.5 Å². The molecule has 45 heavy (non-hydrogen) atoms. The number of aliphatic hydroxyl groups excluding tert-OH is 1. The van der Waals surface area contributed by atoms with Crippen LogP contribution in [0.1, 0.15) is 147 Å². The van der Waals surface area contributed by atoms with Crippen molar-refractivity contribution < 1.29 is 14.3 Å². The van der Waals surface area contributed by atoms with Gasteiger partial charge in [-0.2, -0.15) is 0 Å². The van der Waals surface area contributed by atoms with E-state index in [0.717, 1.165) is 85.8 Å². The summed E-state index contributed by atoms with van der Waals surface area (Å²) in [5, 5.41) is 9.78. The highest BCUT2D eigenvalue weighted by Crippen LogP contribution is 2.44. The fraction of sp³-hybridized carbons (Fsp3) is 0.600. The van der Waals surface area contributed by atoms with E-state index in [0.29, 0.717) is 23.0 Å². The van der Waals surface area contributed by atoms with Crippen molar-refractivity contribution in [1.82, 2.24) is 9.88 Å². The van der Waals surface area contributed by atoms with Gasteiger partial charge in [0, 0.05) is 40.9 Å². The average molecular weight is 613 g/mol. The molecule has 0 aromatic carbocycles. The molecule has 3 heterocycles. The minimum Gasteiger partial charge on any atom is -0.508 e. The van der Waals surface area contributed by atoms with Gasteiger partial charge in [0.2, 0.25) is 0 Å². The molecule has 1 atom stereocenters. The van der Waals surface area contributed by atoms with E-state index in [4.69, 9.17) is 9.40 Å². The van der Waals surface area contributed by atoms with Crippen molar-refractivity contribution in [1.29, 1.82) is 0 Å². The second-order valence-corrected chi connectivity index (χ2v) is 16.5. The number of hydrogen-bond acceptors (Lipinski definition) is 4. The summed E-state index contributed by atoms with van der Waals surface area (Å²) < 4.78 is 6.48.